The fourth-order valence-corrected chi connectivity index (χ4v) is 1.78. The summed E-state index contributed by atoms with van der Waals surface area (Å²) in [4.78, 5) is 15.6. The van der Waals surface area contributed by atoms with Crippen molar-refractivity contribution in [2.24, 2.45) is 7.05 Å². The Kier molecular flexibility index (Phi) is 4.49. The molecule has 1 aromatic carbocycles. The molecule has 0 saturated heterocycles. The van der Waals surface area contributed by atoms with E-state index in [9.17, 15) is 14.3 Å². The zero-order chi connectivity index (χ0) is 15.4. The van der Waals surface area contributed by atoms with E-state index in [0.717, 1.165) is 0 Å². The van der Waals surface area contributed by atoms with Gasteiger partial charge in [-0.1, -0.05) is 12.1 Å². The summed E-state index contributed by atoms with van der Waals surface area (Å²) in [5, 5.41) is 19.0. The molecule has 0 aliphatic heterocycles. The second-order valence-corrected chi connectivity index (χ2v) is 4.59. The third kappa shape index (κ3) is 3.76. The van der Waals surface area contributed by atoms with Crippen molar-refractivity contribution in [2.45, 2.75) is 19.1 Å². The maximum Gasteiger partial charge on any atom is 0.321 e. The number of amides is 2. The Morgan fingerprint density at radius 3 is 2.62 bits per heavy atom. The van der Waals surface area contributed by atoms with E-state index in [0.29, 0.717) is 5.56 Å². The molecule has 112 valence electrons. The van der Waals surface area contributed by atoms with Gasteiger partial charge in [0.2, 0.25) is 5.95 Å². The first-order valence-corrected chi connectivity index (χ1v) is 6.32. The highest BCUT2D eigenvalue weighted by atomic mass is 19.1. The number of rotatable bonds is 4. The standard InChI is InChI=1S/C13H16FN5O2/c1-8(11(20)9-3-5-10(14)6-4-9)17-13(21)18-12-15-7-16-19(12)2/h3-8,11,20H,1-2H3,(H2,15,16,17,18,21). The van der Waals surface area contributed by atoms with Gasteiger partial charge in [-0.3, -0.25) is 5.32 Å². The van der Waals surface area contributed by atoms with E-state index in [1.54, 1.807) is 14.0 Å². The van der Waals surface area contributed by atoms with Crippen LogP contribution in [0.3, 0.4) is 0 Å². The first-order chi connectivity index (χ1) is 9.97. The first-order valence-electron chi connectivity index (χ1n) is 6.32. The molecule has 0 aliphatic rings. The Hall–Kier alpha value is -2.48. The van der Waals surface area contributed by atoms with Crippen molar-refractivity contribution in [3.63, 3.8) is 0 Å². The number of urea groups is 1. The van der Waals surface area contributed by atoms with Gasteiger partial charge in [-0.05, 0) is 24.6 Å². The molecular weight excluding hydrogens is 277 g/mol. The van der Waals surface area contributed by atoms with E-state index in [2.05, 4.69) is 20.7 Å². The predicted molar refractivity (Wildman–Crippen MR) is 74.0 cm³/mol. The number of aromatic nitrogens is 3. The van der Waals surface area contributed by atoms with Crippen molar-refractivity contribution < 1.29 is 14.3 Å². The van der Waals surface area contributed by atoms with Gasteiger partial charge in [0.05, 0.1) is 12.1 Å². The van der Waals surface area contributed by atoms with Crippen LogP contribution >= 0.6 is 0 Å². The molecule has 8 heteroatoms. The van der Waals surface area contributed by atoms with Gasteiger partial charge >= 0.3 is 6.03 Å². The van der Waals surface area contributed by atoms with Gasteiger partial charge in [0.25, 0.3) is 0 Å². The average molecular weight is 293 g/mol. The maximum absolute atomic E-state index is 12.8. The van der Waals surface area contributed by atoms with Crippen LogP contribution in [0.15, 0.2) is 30.6 Å². The number of anilines is 1. The molecule has 2 atom stereocenters. The van der Waals surface area contributed by atoms with Crippen LogP contribution in [0.1, 0.15) is 18.6 Å². The number of hydrogen-bond donors (Lipinski definition) is 3. The summed E-state index contributed by atoms with van der Waals surface area (Å²) in [5.41, 5.74) is 0.517. The number of halogens is 1. The summed E-state index contributed by atoms with van der Waals surface area (Å²) < 4.78 is 14.2. The van der Waals surface area contributed by atoms with Gasteiger partial charge in [0.1, 0.15) is 12.1 Å². The molecule has 0 saturated carbocycles. The van der Waals surface area contributed by atoms with Crippen molar-refractivity contribution >= 4 is 12.0 Å². The van der Waals surface area contributed by atoms with E-state index in [4.69, 9.17) is 0 Å². The Labute approximate surface area is 120 Å². The average Bonchev–Trinajstić information content (AvgIpc) is 2.84. The Morgan fingerprint density at radius 1 is 1.38 bits per heavy atom. The highest BCUT2D eigenvalue weighted by Crippen LogP contribution is 2.17. The molecule has 0 radical (unpaired) electrons. The third-order valence-corrected chi connectivity index (χ3v) is 2.98. The van der Waals surface area contributed by atoms with Crippen LogP contribution in [0.4, 0.5) is 15.1 Å². The number of aliphatic hydroxyl groups is 1. The number of benzene rings is 1. The minimum atomic E-state index is -0.948. The molecule has 0 bridgehead atoms. The van der Waals surface area contributed by atoms with E-state index < -0.39 is 18.2 Å². The number of carbonyl (C=O) groups excluding carboxylic acids is 1. The maximum atomic E-state index is 12.8. The smallest absolute Gasteiger partial charge is 0.321 e. The van der Waals surface area contributed by atoms with Crippen molar-refractivity contribution in [2.75, 3.05) is 5.32 Å². The highest BCUT2D eigenvalue weighted by Gasteiger charge is 2.19. The molecule has 2 amide bonds. The van der Waals surface area contributed by atoms with Crippen molar-refractivity contribution in [3.05, 3.63) is 42.0 Å². The molecule has 0 fully saturated rings. The molecule has 2 unspecified atom stereocenters. The van der Waals surface area contributed by atoms with Gasteiger partial charge in [-0.15, -0.1) is 0 Å². The molecule has 21 heavy (non-hydrogen) atoms. The van der Waals surface area contributed by atoms with Crippen LogP contribution in [0, 0.1) is 5.82 Å². The van der Waals surface area contributed by atoms with Crippen molar-refractivity contribution in [3.8, 4) is 0 Å². The molecule has 2 rings (SSSR count). The lowest BCUT2D eigenvalue weighted by Crippen LogP contribution is -2.40. The van der Waals surface area contributed by atoms with Gasteiger partial charge in [0, 0.05) is 7.05 Å². The summed E-state index contributed by atoms with van der Waals surface area (Å²) in [5.74, 6) is -0.0949. The number of aliphatic hydroxyl groups excluding tert-OH is 1. The SMILES string of the molecule is CC(NC(=O)Nc1ncnn1C)C(O)c1ccc(F)cc1. The Bertz CT molecular complexity index is 613. The van der Waals surface area contributed by atoms with E-state index in [1.807, 2.05) is 0 Å². The minimum Gasteiger partial charge on any atom is -0.386 e. The number of nitrogens with zero attached hydrogens (tertiary/aromatic N) is 3. The Balaban J connectivity index is 1.94. The number of aryl methyl sites for hydroxylation is 1. The molecule has 3 N–H and O–H groups in total. The first kappa shape index (κ1) is 14.9. The van der Waals surface area contributed by atoms with Gasteiger partial charge in [-0.25, -0.2) is 13.9 Å². The van der Waals surface area contributed by atoms with Crippen LogP contribution in [0.25, 0.3) is 0 Å². The lowest BCUT2D eigenvalue weighted by molar-refractivity contribution is 0.139. The largest absolute Gasteiger partial charge is 0.386 e. The third-order valence-electron chi connectivity index (χ3n) is 2.98. The minimum absolute atomic E-state index is 0.288. The van der Waals surface area contributed by atoms with Gasteiger partial charge < -0.3 is 10.4 Å². The van der Waals surface area contributed by atoms with Crippen LogP contribution < -0.4 is 10.6 Å². The lowest BCUT2D eigenvalue weighted by atomic mass is 10.0. The zero-order valence-corrected chi connectivity index (χ0v) is 11.6. The summed E-state index contributed by atoms with van der Waals surface area (Å²) >= 11 is 0. The quantitative estimate of drug-likeness (QED) is 0.789. The second-order valence-electron chi connectivity index (χ2n) is 4.59. The summed E-state index contributed by atoms with van der Waals surface area (Å²) in [6.45, 7) is 1.64. The van der Waals surface area contributed by atoms with Crippen LogP contribution in [-0.2, 0) is 7.05 Å². The summed E-state index contributed by atoms with van der Waals surface area (Å²) in [6, 6.07) is 4.37. The fraction of sp³-hybridized carbons (Fsp3) is 0.308. The molecule has 0 spiro atoms. The molecule has 7 nitrogen and oxygen atoms in total. The number of carbonyl (C=O) groups is 1. The second kappa shape index (κ2) is 6.31. The zero-order valence-electron chi connectivity index (χ0n) is 11.6. The van der Waals surface area contributed by atoms with Crippen LogP contribution in [-0.4, -0.2) is 31.9 Å². The summed E-state index contributed by atoms with van der Waals surface area (Å²) in [7, 11) is 1.64. The van der Waals surface area contributed by atoms with Gasteiger partial charge in [-0.2, -0.15) is 10.1 Å². The normalized spacial score (nSPS) is 13.5. The van der Waals surface area contributed by atoms with E-state index in [-0.39, 0.29) is 11.8 Å². The lowest BCUT2D eigenvalue weighted by Gasteiger charge is -2.20. The summed E-state index contributed by atoms with van der Waals surface area (Å²) in [6.07, 6.45) is 0.364. The molecule has 2 aromatic rings. The predicted octanol–water partition coefficient (Wildman–Crippen LogP) is 1.20. The number of nitrogens with one attached hydrogen (secondary N) is 2. The fourth-order valence-electron chi connectivity index (χ4n) is 1.78. The van der Waals surface area contributed by atoms with E-state index in [1.165, 1.54) is 35.3 Å². The van der Waals surface area contributed by atoms with Crippen molar-refractivity contribution in [1.29, 1.82) is 0 Å². The Morgan fingerprint density at radius 2 is 2.05 bits per heavy atom. The molecular formula is C13H16FN5O2. The molecule has 1 heterocycles. The highest BCUT2D eigenvalue weighted by molar-refractivity contribution is 5.87. The monoisotopic (exact) mass is 293 g/mol. The van der Waals surface area contributed by atoms with Crippen LogP contribution in [0.2, 0.25) is 0 Å². The van der Waals surface area contributed by atoms with Crippen LogP contribution in [0.5, 0.6) is 0 Å². The number of hydrogen-bond acceptors (Lipinski definition) is 4. The topological polar surface area (TPSA) is 92.1 Å². The molecule has 1 aromatic heterocycles. The van der Waals surface area contributed by atoms with Crippen molar-refractivity contribution in [1.82, 2.24) is 20.1 Å². The van der Waals surface area contributed by atoms with E-state index >= 15 is 0 Å². The molecule has 0 aliphatic carbocycles. The van der Waals surface area contributed by atoms with Gasteiger partial charge in [0.15, 0.2) is 0 Å².